The third-order valence-corrected chi connectivity index (χ3v) is 3.02. The largest absolute Gasteiger partial charge is 0.480 e. The summed E-state index contributed by atoms with van der Waals surface area (Å²) >= 11 is 3.18. The number of halogens is 4. The van der Waals surface area contributed by atoms with Crippen LogP contribution < -0.4 is 5.32 Å². The molecule has 1 aromatic rings. The molecule has 0 saturated carbocycles. The van der Waals surface area contributed by atoms with E-state index in [1.807, 2.05) is 5.32 Å². The van der Waals surface area contributed by atoms with Crippen LogP contribution in [0.4, 0.5) is 13.2 Å². The summed E-state index contributed by atoms with van der Waals surface area (Å²) in [5, 5.41) is 10.7. The molecule has 1 aromatic carbocycles. The van der Waals surface area contributed by atoms with Crippen LogP contribution in [0.2, 0.25) is 0 Å². The minimum absolute atomic E-state index is 0.193. The minimum Gasteiger partial charge on any atom is -0.480 e. The van der Waals surface area contributed by atoms with E-state index >= 15 is 0 Å². The standard InChI is InChI=1S/C11H11BrF3NO2/c1-10(9(17)18,11(13,14)15)16-6-7-3-2-4-8(12)5-7/h2-5,16H,6H2,1H3,(H,17,18). The van der Waals surface area contributed by atoms with Crippen LogP contribution in [0.15, 0.2) is 28.7 Å². The predicted octanol–water partition coefficient (Wildman–Crippen LogP) is 2.94. The summed E-state index contributed by atoms with van der Waals surface area (Å²) in [6.07, 6.45) is -4.87. The second-order valence-corrected chi connectivity index (χ2v) is 4.83. The zero-order valence-corrected chi connectivity index (χ0v) is 11.0. The van der Waals surface area contributed by atoms with Crippen LogP contribution in [-0.4, -0.2) is 22.8 Å². The van der Waals surface area contributed by atoms with Crippen molar-refractivity contribution >= 4 is 21.9 Å². The number of alkyl halides is 3. The van der Waals surface area contributed by atoms with E-state index in [0.29, 0.717) is 17.0 Å². The van der Waals surface area contributed by atoms with Gasteiger partial charge in [-0.25, -0.2) is 4.79 Å². The van der Waals surface area contributed by atoms with Crippen molar-refractivity contribution < 1.29 is 23.1 Å². The van der Waals surface area contributed by atoms with Gasteiger partial charge in [0, 0.05) is 11.0 Å². The lowest BCUT2D eigenvalue weighted by Crippen LogP contribution is -2.59. The molecular weight excluding hydrogens is 315 g/mol. The number of benzene rings is 1. The Balaban J connectivity index is 2.85. The Morgan fingerprint density at radius 3 is 2.50 bits per heavy atom. The van der Waals surface area contributed by atoms with Gasteiger partial charge < -0.3 is 5.11 Å². The quantitative estimate of drug-likeness (QED) is 0.894. The van der Waals surface area contributed by atoms with E-state index in [9.17, 15) is 18.0 Å². The number of carboxylic acid groups (broad SMARTS) is 1. The summed E-state index contributed by atoms with van der Waals surface area (Å²) in [7, 11) is 0. The molecule has 0 bridgehead atoms. The third-order valence-electron chi connectivity index (χ3n) is 2.53. The molecule has 0 spiro atoms. The lowest BCUT2D eigenvalue weighted by Gasteiger charge is -2.28. The molecule has 3 nitrogen and oxygen atoms in total. The van der Waals surface area contributed by atoms with E-state index in [2.05, 4.69) is 15.9 Å². The average Bonchev–Trinajstić information content (AvgIpc) is 2.24. The van der Waals surface area contributed by atoms with Crippen molar-refractivity contribution in [3.8, 4) is 0 Å². The molecule has 7 heteroatoms. The second-order valence-electron chi connectivity index (χ2n) is 3.91. The molecule has 1 rings (SSSR count). The zero-order valence-electron chi connectivity index (χ0n) is 9.38. The number of carbonyl (C=O) groups is 1. The fourth-order valence-electron chi connectivity index (χ4n) is 1.22. The minimum atomic E-state index is -4.87. The van der Waals surface area contributed by atoms with Crippen molar-refractivity contribution in [1.29, 1.82) is 0 Å². The number of nitrogens with one attached hydrogen (secondary N) is 1. The SMILES string of the molecule is CC(NCc1cccc(Br)c1)(C(=O)O)C(F)(F)F. The van der Waals surface area contributed by atoms with Gasteiger partial charge in [-0.05, 0) is 24.6 Å². The lowest BCUT2D eigenvalue weighted by atomic mass is 10.0. The fraction of sp³-hybridized carbons (Fsp3) is 0.364. The third kappa shape index (κ3) is 3.23. The molecule has 1 unspecified atom stereocenters. The maximum atomic E-state index is 12.7. The van der Waals surface area contributed by atoms with Crippen LogP contribution >= 0.6 is 15.9 Å². The van der Waals surface area contributed by atoms with E-state index in [1.54, 1.807) is 24.3 Å². The first-order valence-electron chi connectivity index (χ1n) is 4.96. The Hall–Kier alpha value is -1.08. The molecule has 1 atom stereocenters. The van der Waals surface area contributed by atoms with Gasteiger partial charge in [0.2, 0.25) is 5.54 Å². The Morgan fingerprint density at radius 1 is 1.44 bits per heavy atom. The van der Waals surface area contributed by atoms with E-state index in [4.69, 9.17) is 5.11 Å². The first-order chi connectivity index (χ1) is 8.17. The van der Waals surface area contributed by atoms with Gasteiger partial charge in [-0.3, -0.25) is 5.32 Å². The van der Waals surface area contributed by atoms with Gasteiger partial charge >= 0.3 is 12.1 Å². The maximum Gasteiger partial charge on any atom is 0.417 e. The highest BCUT2D eigenvalue weighted by atomic mass is 79.9. The van der Waals surface area contributed by atoms with E-state index < -0.39 is 17.7 Å². The molecule has 0 saturated heterocycles. The number of hydrogen-bond donors (Lipinski definition) is 2. The van der Waals surface area contributed by atoms with Gasteiger partial charge in [0.15, 0.2) is 0 Å². The number of hydrogen-bond acceptors (Lipinski definition) is 2. The molecule has 18 heavy (non-hydrogen) atoms. The van der Waals surface area contributed by atoms with Crippen LogP contribution in [0, 0.1) is 0 Å². The van der Waals surface area contributed by atoms with Gasteiger partial charge in [0.25, 0.3) is 0 Å². The summed E-state index contributed by atoms with van der Waals surface area (Å²) in [6, 6.07) is 6.61. The first-order valence-corrected chi connectivity index (χ1v) is 5.76. The molecule has 0 aliphatic heterocycles. The molecule has 0 radical (unpaired) electrons. The molecule has 0 heterocycles. The van der Waals surface area contributed by atoms with Gasteiger partial charge in [-0.2, -0.15) is 13.2 Å². The second kappa shape index (κ2) is 5.27. The van der Waals surface area contributed by atoms with Crippen LogP contribution in [-0.2, 0) is 11.3 Å². The van der Waals surface area contributed by atoms with Crippen LogP contribution in [0.3, 0.4) is 0 Å². The Morgan fingerprint density at radius 2 is 2.06 bits per heavy atom. The molecule has 100 valence electrons. The number of aliphatic carboxylic acids is 1. The van der Waals surface area contributed by atoms with Gasteiger partial charge in [0.1, 0.15) is 0 Å². The van der Waals surface area contributed by atoms with Crippen LogP contribution in [0.25, 0.3) is 0 Å². The van der Waals surface area contributed by atoms with Gasteiger partial charge in [-0.15, -0.1) is 0 Å². The average molecular weight is 326 g/mol. The normalized spacial score (nSPS) is 15.2. The molecule has 0 fully saturated rings. The maximum absolute atomic E-state index is 12.7. The number of carboxylic acids is 1. The highest BCUT2D eigenvalue weighted by molar-refractivity contribution is 9.10. The van der Waals surface area contributed by atoms with E-state index in [0.717, 1.165) is 0 Å². The Kier molecular flexibility index (Phi) is 4.39. The van der Waals surface area contributed by atoms with Crippen molar-refractivity contribution in [2.24, 2.45) is 0 Å². The van der Waals surface area contributed by atoms with Crippen molar-refractivity contribution in [3.63, 3.8) is 0 Å². The molecule has 0 amide bonds. The van der Waals surface area contributed by atoms with Gasteiger partial charge in [0.05, 0.1) is 0 Å². The lowest BCUT2D eigenvalue weighted by molar-refractivity contribution is -0.206. The van der Waals surface area contributed by atoms with E-state index in [-0.39, 0.29) is 6.54 Å². The van der Waals surface area contributed by atoms with Gasteiger partial charge in [-0.1, -0.05) is 28.1 Å². The first kappa shape index (κ1) is 15.0. The molecule has 2 N–H and O–H groups in total. The fourth-order valence-corrected chi connectivity index (χ4v) is 1.67. The zero-order chi connectivity index (χ0) is 14.0. The highest BCUT2D eigenvalue weighted by Crippen LogP contribution is 2.30. The van der Waals surface area contributed by atoms with E-state index in [1.165, 1.54) is 0 Å². The summed E-state index contributed by atoms with van der Waals surface area (Å²) in [4.78, 5) is 10.8. The molecule has 0 aromatic heterocycles. The van der Waals surface area contributed by atoms with Crippen molar-refractivity contribution in [1.82, 2.24) is 5.32 Å². The highest BCUT2D eigenvalue weighted by Gasteiger charge is 2.57. The van der Waals surface area contributed by atoms with Crippen molar-refractivity contribution in [3.05, 3.63) is 34.3 Å². The Labute approximate surface area is 110 Å². The van der Waals surface area contributed by atoms with Crippen molar-refractivity contribution in [2.75, 3.05) is 0 Å². The smallest absolute Gasteiger partial charge is 0.417 e. The molecule has 0 aliphatic carbocycles. The summed E-state index contributed by atoms with van der Waals surface area (Å²) in [6.45, 7) is 0.412. The van der Waals surface area contributed by atoms with Crippen molar-refractivity contribution in [2.45, 2.75) is 25.2 Å². The van der Waals surface area contributed by atoms with Crippen LogP contribution in [0.5, 0.6) is 0 Å². The predicted molar refractivity (Wildman–Crippen MR) is 63.1 cm³/mol. The Bertz CT molecular complexity index is 450. The molecular formula is C11H11BrF3NO2. The number of rotatable bonds is 4. The van der Waals surface area contributed by atoms with Crippen LogP contribution in [0.1, 0.15) is 12.5 Å². The summed E-state index contributed by atoms with van der Waals surface area (Å²) in [5.74, 6) is -1.95. The topological polar surface area (TPSA) is 49.3 Å². The summed E-state index contributed by atoms with van der Waals surface area (Å²) in [5.41, 5.74) is -2.41. The molecule has 0 aliphatic rings. The monoisotopic (exact) mass is 325 g/mol. The summed E-state index contributed by atoms with van der Waals surface area (Å²) < 4.78 is 38.8.